The van der Waals surface area contributed by atoms with Crippen molar-refractivity contribution in [2.24, 2.45) is 0 Å². The van der Waals surface area contributed by atoms with Crippen LogP contribution in [0.15, 0.2) is 48.5 Å². The van der Waals surface area contributed by atoms with E-state index in [0.29, 0.717) is 0 Å². The van der Waals surface area contributed by atoms with E-state index in [1.165, 1.54) is 38.5 Å². The van der Waals surface area contributed by atoms with Crippen LogP contribution in [0, 0.1) is 0 Å². The number of rotatable bonds is 6. The third kappa shape index (κ3) is 8.08. The first-order chi connectivity index (χ1) is 8.88. The molecule has 0 radical (unpaired) electrons. The van der Waals surface area contributed by atoms with Gasteiger partial charge in [-0.2, -0.15) is 17.2 Å². The van der Waals surface area contributed by atoms with Crippen LogP contribution in [-0.4, -0.2) is 0 Å². The molecule has 2 aromatic carbocycles. The average molecular weight is 298 g/mol. The first kappa shape index (κ1) is 18.2. The molecule has 0 aromatic heterocycles. The van der Waals surface area contributed by atoms with Gasteiger partial charge in [-0.1, -0.05) is 52.4 Å². The van der Waals surface area contributed by atoms with E-state index in [9.17, 15) is 0 Å². The van der Waals surface area contributed by atoms with Crippen LogP contribution in [0.3, 0.4) is 0 Å². The summed E-state index contributed by atoms with van der Waals surface area (Å²) in [5.41, 5.74) is 3.19. The van der Waals surface area contributed by atoms with E-state index in [-0.39, 0.29) is 17.1 Å². The molecule has 0 saturated heterocycles. The van der Waals surface area contributed by atoms with Gasteiger partial charge in [0.1, 0.15) is 0 Å². The molecule has 2 rings (SSSR count). The van der Waals surface area contributed by atoms with Gasteiger partial charge in [-0.15, -0.1) is 0 Å². The van der Waals surface area contributed by atoms with Crippen molar-refractivity contribution >= 4 is 0 Å². The van der Waals surface area contributed by atoms with Crippen LogP contribution >= 0.6 is 0 Å². The van der Waals surface area contributed by atoms with Crippen LogP contribution in [0.1, 0.15) is 50.7 Å². The van der Waals surface area contributed by atoms with E-state index in [2.05, 4.69) is 32.0 Å². The number of aryl methyl sites for hydroxylation is 2. The smallest absolute Gasteiger partial charge is 0 e. The molecule has 0 bridgehead atoms. The second-order valence-corrected chi connectivity index (χ2v) is 4.75. The molecule has 0 amide bonds. The Bertz CT molecular complexity index is 330. The molecule has 0 aliphatic carbocycles. The summed E-state index contributed by atoms with van der Waals surface area (Å²) in [6.45, 7) is 4.52. The van der Waals surface area contributed by atoms with Crippen LogP contribution in [0.5, 0.6) is 0 Å². The fourth-order valence-electron chi connectivity index (χ4n) is 2.04. The van der Waals surface area contributed by atoms with E-state index >= 15 is 0 Å². The summed E-state index contributed by atoms with van der Waals surface area (Å²) in [4.78, 5) is 0. The van der Waals surface area contributed by atoms with E-state index in [4.69, 9.17) is 0 Å². The zero-order valence-corrected chi connectivity index (χ0v) is 13.3. The third-order valence-electron chi connectivity index (χ3n) is 3.16. The second-order valence-electron chi connectivity index (χ2n) is 4.75. The Labute approximate surface area is 129 Å². The van der Waals surface area contributed by atoms with Gasteiger partial charge >= 0.3 is 0 Å². The van der Waals surface area contributed by atoms with Crippen molar-refractivity contribution in [2.75, 3.05) is 0 Å². The van der Waals surface area contributed by atoms with E-state index in [1.807, 2.05) is 30.3 Å². The van der Waals surface area contributed by atoms with Gasteiger partial charge in [-0.3, -0.25) is 0 Å². The quantitative estimate of drug-likeness (QED) is 0.488. The molecule has 0 N–H and O–H groups in total. The molecule has 0 saturated carbocycles. The van der Waals surface area contributed by atoms with Crippen LogP contribution in [0.2, 0.25) is 0 Å². The monoisotopic (exact) mass is 298 g/mol. The Morgan fingerprint density at radius 2 is 1.53 bits per heavy atom. The summed E-state index contributed by atoms with van der Waals surface area (Å²) in [7, 11) is 0. The Morgan fingerprint density at radius 3 is 2.05 bits per heavy atom. The minimum atomic E-state index is 0. The summed E-state index contributed by atoms with van der Waals surface area (Å²) >= 11 is 0. The van der Waals surface area contributed by atoms with Gasteiger partial charge in [0.05, 0.1) is 0 Å². The molecule has 0 atom stereocenters. The molecule has 0 heterocycles. The van der Waals surface area contributed by atoms with Crippen molar-refractivity contribution in [1.82, 2.24) is 0 Å². The number of unbranched alkanes of at least 4 members (excludes halogenated alkanes) is 2. The van der Waals surface area contributed by atoms with Crippen LogP contribution in [0.25, 0.3) is 0 Å². The topological polar surface area (TPSA) is 0 Å². The standard InChI is InChI=1S/C13H21.C5H5.Fe/c1-3-5-8-12-10-7-11-13(12)9-6-4-2;1-2-4-5-3-1;/h7,10-11H,3-6,8-9H2,1-2H3;1-5H;/q-1;-5;. The fourth-order valence-corrected chi connectivity index (χ4v) is 2.04. The van der Waals surface area contributed by atoms with Crippen molar-refractivity contribution in [3.63, 3.8) is 0 Å². The molecule has 0 unspecified atom stereocenters. The number of hydrogen-bond acceptors (Lipinski definition) is 0. The summed E-state index contributed by atoms with van der Waals surface area (Å²) in [6.07, 6.45) is 7.84. The average Bonchev–Trinajstić information content (AvgIpc) is 3.07. The molecule has 0 aliphatic heterocycles. The van der Waals surface area contributed by atoms with Crippen molar-refractivity contribution in [3.8, 4) is 0 Å². The van der Waals surface area contributed by atoms with Crippen LogP contribution in [-0.2, 0) is 29.9 Å². The molecule has 112 valence electrons. The zero-order valence-electron chi connectivity index (χ0n) is 12.2. The minimum absolute atomic E-state index is 0. The number of hydrogen-bond donors (Lipinski definition) is 0. The van der Waals surface area contributed by atoms with Gasteiger partial charge in [-0.25, -0.2) is 12.1 Å². The SMILES string of the molecule is CCCCc1ccc[c-]1CCCC.[Fe].[cH-]1[cH-][cH-][cH-][cH-]1. The maximum atomic E-state index is 2.29. The Morgan fingerprint density at radius 1 is 0.947 bits per heavy atom. The van der Waals surface area contributed by atoms with E-state index in [1.54, 1.807) is 11.1 Å². The maximum absolute atomic E-state index is 2.29. The van der Waals surface area contributed by atoms with E-state index < -0.39 is 0 Å². The molecule has 0 aliphatic rings. The summed E-state index contributed by atoms with van der Waals surface area (Å²) in [6, 6.07) is 16.8. The molecular formula is C18H26Fe-6. The summed E-state index contributed by atoms with van der Waals surface area (Å²) in [5.74, 6) is 0. The Kier molecular flexibility index (Phi) is 11.8. The van der Waals surface area contributed by atoms with Crippen LogP contribution in [0.4, 0.5) is 0 Å². The molecule has 0 spiro atoms. The zero-order chi connectivity index (χ0) is 13.1. The molecule has 19 heavy (non-hydrogen) atoms. The molecular weight excluding hydrogens is 272 g/mol. The van der Waals surface area contributed by atoms with Crippen molar-refractivity contribution < 1.29 is 17.1 Å². The largest absolute Gasteiger partial charge is 0.748 e. The summed E-state index contributed by atoms with van der Waals surface area (Å²) < 4.78 is 0. The maximum Gasteiger partial charge on any atom is 0 e. The third-order valence-corrected chi connectivity index (χ3v) is 3.16. The predicted octanol–water partition coefficient (Wildman–Crippen LogP) is 5.49. The van der Waals surface area contributed by atoms with Gasteiger partial charge in [0, 0.05) is 17.1 Å². The molecule has 1 heteroatoms. The molecule has 2 aromatic rings. The minimum Gasteiger partial charge on any atom is -0.748 e. The molecule has 0 nitrogen and oxygen atoms in total. The Hall–Kier alpha value is -0.781. The predicted molar refractivity (Wildman–Crippen MR) is 81.3 cm³/mol. The Balaban J connectivity index is 0.000000454. The van der Waals surface area contributed by atoms with Crippen LogP contribution < -0.4 is 0 Å². The van der Waals surface area contributed by atoms with Gasteiger partial charge in [-0.05, 0) is 0 Å². The van der Waals surface area contributed by atoms with Crippen molar-refractivity contribution in [3.05, 3.63) is 59.7 Å². The normalized spacial score (nSPS) is 9.37. The molecule has 0 fully saturated rings. The van der Waals surface area contributed by atoms with Gasteiger partial charge in [0.25, 0.3) is 0 Å². The second kappa shape index (κ2) is 12.3. The van der Waals surface area contributed by atoms with Crippen molar-refractivity contribution in [1.29, 1.82) is 0 Å². The fraction of sp³-hybridized carbons (Fsp3) is 0.444. The summed E-state index contributed by atoms with van der Waals surface area (Å²) in [5, 5.41) is 0. The van der Waals surface area contributed by atoms with Gasteiger partial charge in [0.15, 0.2) is 0 Å². The van der Waals surface area contributed by atoms with Crippen molar-refractivity contribution in [2.45, 2.75) is 52.4 Å². The van der Waals surface area contributed by atoms with Gasteiger partial charge in [0.2, 0.25) is 0 Å². The first-order valence-corrected chi connectivity index (χ1v) is 7.28. The van der Waals surface area contributed by atoms with E-state index in [0.717, 1.165) is 0 Å². The first-order valence-electron chi connectivity index (χ1n) is 7.28. The van der Waals surface area contributed by atoms with Gasteiger partial charge < -0.3 is 30.3 Å².